The molecule has 1 atom stereocenters. The molecule has 0 fully saturated rings. The third kappa shape index (κ3) is 1.45. The van der Waals surface area contributed by atoms with E-state index >= 15 is 0 Å². The van der Waals surface area contributed by atoms with Crippen molar-refractivity contribution in [1.29, 1.82) is 0 Å². The number of nitrogens with zero attached hydrogens (tertiary/aromatic N) is 1. The predicted molar refractivity (Wildman–Crippen MR) is 77.2 cm³/mol. The lowest BCUT2D eigenvalue weighted by Gasteiger charge is -2.40. The number of hydrogen-bond donors (Lipinski definition) is 1. The van der Waals surface area contributed by atoms with Gasteiger partial charge in [-0.15, -0.1) is 0 Å². The van der Waals surface area contributed by atoms with Crippen LogP contribution in [0.4, 0.5) is 0 Å². The molecule has 2 heterocycles. The first-order chi connectivity index (χ1) is 10.2. The molecule has 2 aromatic carbocycles. The molecule has 0 saturated carbocycles. The fourth-order valence-electron chi connectivity index (χ4n) is 3.42. The van der Waals surface area contributed by atoms with Crippen LogP contribution in [-0.2, 0) is 12.1 Å². The normalized spacial score (nSPS) is 22.6. The monoisotopic (exact) mass is 281 g/mol. The Morgan fingerprint density at radius 1 is 1.19 bits per heavy atom. The Morgan fingerprint density at radius 2 is 2.00 bits per heavy atom. The molecule has 0 radical (unpaired) electrons. The van der Waals surface area contributed by atoms with Crippen LogP contribution in [0.3, 0.4) is 0 Å². The van der Waals surface area contributed by atoms with Crippen LogP contribution < -0.4 is 4.74 Å². The molecule has 0 bridgehead atoms. The molecule has 0 saturated heterocycles. The van der Waals surface area contributed by atoms with Gasteiger partial charge >= 0.3 is 0 Å². The molecule has 1 amide bonds. The van der Waals surface area contributed by atoms with E-state index in [0.29, 0.717) is 23.4 Å². The Kier molecular flexibility index (Phi) is 2.41. The van der Waals surface area contributed by atoms with Crippen LogP contribution in [0.25, 0.3) is 0 Å². The van der Waals surface area contributed by atoms with Gasteiger partial charge in [-0.25, -0.2) is 0 Å². The van der Waals surface area contributed by atoms with Crippen molar-refractivity contribution in [3.05, 3.63) is 64.7 Å². The molecule has 2 aliphatic rings. The van der Waals surface area contributed by atoms with Crippen LogP contribution in [0.2, 0.25) is 0 Å². The van der Waals surface area contributed by atoms with Gasteiger partial charge in [0.15, 0.2) is 5.72 Å². The van der Waals surface area contributed by atoms with Crippen molar-refractivity contribution in [3.63, 3.8) is 0 Å². The largest absolute Gasteiger partial charge is 0.497 e. The fraction of sp³-hybridized carbons (Fsp3) is 0.235. The first kappa shape index (κ1) is 12.4. The summed E-state index contributed by atoms with van der Waals surface area (Å²) in [5.41, 5.74) is 1.65. The van der Waals surface area contributed by atoms with Gasteiger partial charge < -0.3 is 14.7 Å². The highest BCUT2D eigenvalue weighted by atomic mass is 16.5. The van der Waals surface area contributed by atoms with E-state index in [9.17, 15) is 9.90 Å². The minimum atomic E-state index is -1.38. The lowest BCUT2D eigenvalue weighted by atomic mass is 9.86. The maximum Gasteiger partial charge on any atom is 0.257 e. The average Bonchev–Trinajstić information content (AvgIpc) is 2.76. The zero-order valence-corrected chi connectivity index (χ0v) is 11.7. The zero-order valence-electron chi connectivity index (χ0n) is 11.7. The summed E-state index contributed by atoms with van der Waals surface area (Å²) in [5, 5.41) is 11.4. The number of amides is 1. The summed E-state index contributed by atoms with van der Waals surface area (Å²) in [6, 6.07) is 13.0. The summed E-state index contributed by atoms with van der Waals surface area (Å²) in [7, 11) is 1.60. The molecule has 4 rings (SSSR count). The van der Waals surface area contributed by atoms with E-state index in [1.54, 1.807) is 18.1 Å². The van der Waals surface area contributed by atoms with Crippen molar-refractivity contribution < 1.29 is 14.6 Å². The SMILES string of the molecule is COc1ccc2c(c1)C1(O)c3ccccc3C(=O)N1CC2. The first-order valence-corrected chi connectivity index (χ1v) is 6.97. The number of hydrogen-bond acceptors (Lipinski definition) is 3. The molecular formula is C17H15NO3. The van der Waals surface area contributed by atoms with Crippen molar-refractivity contribution in [2.45, 2.75) is 12.1 Å². The van der Waals surface area contributed by atoms with Crippen molar-refractivity contribution in [3.8, 4) is 5.75 Å². The molecule has 4 nitrogen and oxygen atoms in total. The Balaban J connectivity index is 2.01. The summed E-state index contributed by atoms with van der Waals surface area (Å²) in [5.74, 6) is 0.572. The number of fused-ring (bicyclic) bond motifs is 5. The quantitative estimate of drug-likeness (QED) is 0.868. The van der Waals surface area contributed by atoms with Gasteiger partial charge in [-0.1, -0.05) is 24.3 Å². The highest BCUT2D eigenvalue weighted by Gasteiger charge is 2.52. The Morgan fingerprint density at radius 3 is 2.81 bits per heavy atom. The van der Waals surface area contributed by atoms with E-state index in [4.69, 9.17) is 4.74 Å². The van der Waals surface area contributed by atoms with Gasteiger partial charge in [0.2, 0.25) is 0 Å². The zero-order chi connectivity index (χ0) is 14.6. The van der Waals surface area contributed by atoms with Crippen LogP contribution in [0, 0.1) is 0 Å². The maximum atomic E-state index is 12.5. The minimum Gasteiger partial charge on any atom is -0.497 e. The second kappa shape index (κ2) is 4.09. The molecule has 0 aromatic heterocycles. The van der Waals surface area contributed by atoms with Gasteiger partial charge in [0, 0.05) is 23.2 Å². The Hall–Kier alpha value is -2.33. The summed E-state index contributed by atoms with van der Waals surface area (Å²) in [6.07, 6.45) is 0.737. The van der Waals surface area contributed by atoms with Gasteiger partial charge in [-0.05, 0) is 30.2 Å². The lowest BCUT2D eigenvalue weighted by Crippen LogP contribution is -2.49. The van der Waals surface area contributed by atoms with Crippen LogP contribution in [0.15, 0.2) is 42.5 Å². The number of rotatable bonds is 1. The van der Waals surface area contributed by atoms with Gasteiger partial charge in [0.05, 0.1) is 7.11 Å². The number of ether oxygens (including phenoxy) is 1. The van der Waals surface area contributed by atoms with Crippen LogP contribution >= 0.6 is 0 Å². The van der Waals surface area contributed by atoms with Gasteiger partial charge in [-0.2, -0.15) is 0 Å². The van der Waals surface area contributed by atoms with E-state index in [1.807, 2.05) is 36.4 Å². The van der Waals surface area contributed by atoms with Gasteiger partial charge in [-0.3, -0.25) is 4.79 Å². The molecule has 21 heavy (non-hydrogen) atoms. The van der Waals surface area contributed by atoms with Crippen LogP contribution in [-0.4, -0.2) is 29.6 Å². The van der Waals surface area contributed by atoms with Gasteiger partial charge in [0.25, 0.3) is 5.91 Å². The van der Waals surface area contributed by atoms with Gasteiger partial charge in [0.1, 0.15) is 5.75 Å². The van der Waals surface area contributed by atoms with Crippen molar-refractivity contribution in [2.24, 2.45) is 0 Å². The summed E-state index contributed by atoms with van der Waals surface area (Å²) < 4.78 is 5.27. The highest BCUT2D eigenvalue weighted by molar-refractivity contribution is 6.00. The molecule has 2 aromatic rings. The third-order valence-corrected chi connectivity index (χ3v) is 4.47. The Labute approximate surface area is 122 Å². The van der Waals surface area contributed by atoms with Crippen LogP contribution in [0.1, 0.15) is 27.0 Å². The number of carbonyl (C=O) groups is 1. The molecule has 4 heteroatoms. The van der Waals surface area contributed by atoms with Crippen LogP contribution in [0.5, 0.6) is 5.75 Å². The van der Waals surface area contributed by atoms with Crippen molar-refractivity contribution in [1.82, 2.24) is 4.90 Å². The average molecular weight is 281 g/mol. The highest BCUT2D eigenvalue weighted by Crippen LogP contribution is 2.46. The molecule has 1 unspecified atom stereocenters. The fourth-order valence-corrected chi connectivity index (χ4v) is 3.42. The summed E-state index contributed by atoms with van der Waals surface area (Å²) in [4.78, 5) is 14.1. The molecule has 1 N–H and O–H groups in total. The van der Waals surface area contributed by atoms with E-state index < -0.39 is 5.72 Å². The molecular weight excluding hydrogens is 266 g/mol. The smallest absolute Gasteiger partial charge is 0.257 e. The number of carbonyl (C=O) groups excluding carboxylic acids is 1. The molecule has 2 aliphatic heterocycles. The minimum absolute atomic E-state index is 0.110. The van der Waals surface area contributed by atoms with E-state index in [-0.39, 0.29) is 5.91 Å². The number of benzene rings is 2. The topological polar surface area (TPSA) is 49.8 Å². The van der Waals surface area contributed by atoms with E-state index in [2.05, 4.69) is 0 Å². The first-order valence-electron chi connectivity index (χ1n) is 6.97. The molecule has 0 aliphatic carbocycles. The molecule has 0 spiro atoms. The standard InChI is InChI=1S/C17H15NO3/c1-21-12-7-6-11-8-9-18-16(19)13-4-2-3-5-14(13)17(18,20)15(11)10-12/h2-7,10,20H,8-9H2,1H3. The van der Waals surface area contributed by atoms with Crippen molar-refractivity contribution in [2.75, 3.05) is 13.7 Å². The van der Waals surface area contributed by atoms with Crippen molar-refractivity contribution >= 4 is 5.91 Å². The summed E-state index contributed by atoms with van der Waals surface area (Å²) in [6.45, 7) is 0.517. The lowest BCUT2D eigenvalue weighted by molar-refractivity contribution is -0.0564. The number of methoxy groups -OCH3 is 1. The molecule has 106 valence electrons. The second-order valence-corrected chi connectivity index (χ2v) is 5.45. The summed E-state index contributed by atoms with van der Waals surface area (Å²) >= 11 is 0. The van der Waals surface area contributed by atoms with E-state index in [0.717, 1.165) is 17.5 Å². The number of aliphatic hydroxyl groups is 1. The second-order valence-electron chi connectivity index (χ2n) is 5.45. The predicted octanol–water partition coefficient (Wildman–Crippen LogP) is 1.90. The Bertz CT molecular complexity index is 755. The third-order valence-electron chi connectivity index (χ3n) is 4.47. The maximum absolute atomic E-state index is 12.5. The van der Waals surface area contributed by atoms with E-state index in [1.165, 1.54) is 0 Å².